The van der Waals surface area contributed by atoms with Crippen molar-refractivity contribution in [1.29, 1.82) is 0 Å². The van der Waals surface area contributed by atoms with Crippen LogP contribution in [0.15, 0.2) is 121 Å². The number of carbonyl (C=O) groups is 1. The van der Waals surface area contributed by atoms with Gasteiger partial charge in [0, 0.05) is 0 Å². The first-order chi connectivity index (χ1) is 21.3. The molecule has 2 aromatic rings. The maximum atomic E-state index is 14.6. The molecule has 0 bridgehead atoms. The third kappa shape index (κ3) is 9.37. The third-order valence-electron chi connectivity index (χ3n) is 7.09. The summed E-state index contributed by atoms with van der Waals surface area (Å²) in [5.41, 5.74) is -0.710. The summed E-state index contributed by atoms with van der Waals surface area (Å²) >= 11 is 9.25. The zero-order valence-electron chi connectivity index (χ0n) is 23.3. The number of amides is 1. The van der Waals surface area contributed by atoms with Gasteiger partial charge in [0.2, 0.25) is 0 Å². The van der Waals surface area contributed by atoms with Gasteiger partial charge in [-0.15, -0.1) is 0 Å². The standard InChI is InChI=1S/C33H27ClF6N2O2.Ag/c34-26-19-20-28(41-22-26)31(21-23-11-4-1-5-12-23,42-30(43)29(32(35,36)37)24-13-6-2-7-14-24)25-15-8-3-9-17-27(18-10-16-25)44-33(38,39)40;/h1-13,15-16,18-20,22,24,27,29H,14,21H2,(H,42,43);/b9-3-,15-8+,18-10-,25-16+;/t24?,27?,29-,31+;/m1./s1. The van der Waals surface area contributed by atoms with Gasteiger partial charge in [0.15, 0.2) is 0 Å². The normalized spacial score (nSPS) is 24.1. The van der Waals surface area contributed by atoms with Crippen LogP contribution in [0.1, 0.15) is 17.7 Å². The van der Waals surface area contributed by atoms with Crippen molar-refractivity contribution in [3.63, 3.8) is 0 Å². The fraction of sp³-hybridized carbons (Fsp3) is 0.242. The Balaban J connectivity index is 1.92. The van der Waals surface area contributed by atoms with Crippen LogP contribution >= 0.6 is 11.6 Å². The van der Waals surface area contributed by atoms with Crippen LogP contribution in [0.5, 0.6) is 0 Å². The Bertz CT molecular complexity index is 1550. The minimum absolute atomic E-state index is 0.00101. The first-order valence-corrected chi connectivity index (χ1v) is 14.8. The molecule has 1 aromatic heterocycles. The average Bonchev–Trinajstić information content (AvgIpc) is 2.97. The van der Waals surface area contributed by atoms with Gasteiger partial charge in [-0.25, -0.2) is 0 Å². The number of halogens is 7. The summed E-state index contributed by atoms with van der Waals surface area (Å²) in [6, 6.07) is 11.7. The van der Waals surface area contributed by atoms with Gasteiger partial charge in [0.05, 0.1) is 0 Å². The van der Waals surface area contributed by atoms with E-state index < -0.39 is 41.9 Å². The number of hydrogen-bond acceptors (Lipinski definition) is 3. The topological polar surface area (TPSA) is 51.2 Å². The molecule has 4 nitrogen and oxygen atoms in total. The number of pyridine rings is 1. The summed E-state index contributed by atoms with van der Waals surface area (Å²) < 4.78 is 87.5. The molecule has 1 N–H and O–H groups in total. The molecule has 12 heteroatoms. The number of ether oxygens (including phenoxy) is 1. The van der Waals surface area contributed by atoms with Crippen LogP contribution in [0.4, 0.5) is 26.3 Å². The molecule has 2 aliphatic rings. The fourth-order valence-electron chi connectivity index (χ4n) is 5.09. The van der Waals surface area contributed by atoms with Crippen molar-refractivity contribution in [2.24, 2.45) is 11.8 Å². The predicted molar refractivity (Wildman–Crippen MR) is 157 cm³/mol. The molecule has 1 amide bonds. The molecular weight excluding hydrogens is 714 g/mol. The SMILES string of the molecule is O=C(N[C@@](Cc1ccccc1)(C1=C/C=C\C(OC(F)(F)F)[C](=[Ag])/C=C\C=C\1)c1ccc(Cl)cn1)[C@@H](C1C=CC=CC1)C(F)(F)F. The van der Waals surface area contributed by atoms with Crippen molar-refractivity contribution in [2.45, 2.75) is 37.0 Å². The van der Waals surface area contributed by atoms with Gasteiger partial charge in [-0.2, -0.15) is 0 Å². The van der Waals surface area contributed by atoms with Crippen molar-refractivity contribution in [3.8, 4) is 0 Å². The van der Waals surface area contributed by atoms with Crippen molar-refractivity contribution in [1.82, 2.24) is 10.3 Å². The maximum absolute atomic E-state index is 14.6. The number of nitrogens with one attached hydrogen (secondary N) is 1. The van der Waals surface area contributed by atoms with Crippen LogP contribution in [0, 0.1) is 11.8 Å². The average molecular weight is 741 g/mol. The van der Waals surface area contributed by atoms with Gasteiger partial charge in [0.25, 0.3) is 0 Å². The van der Waals surface area contributed by atoms with Crippen molar-refractivity contribution in [2.75, 3.05) is 0 Å². The summed E-state index contributed by atoms with van der Waals surface area (Å²) in [4.78, 5) is 18.4. The summed E-state index contributed by atoms with van der Waals surface area (Å²) in [5.74, 6) is -4.86. The van der Waals surface area contributed by atoms with E-state index in [0.717, 1.165) is 6.08 Å². The van der Waals surface area contributed by atoms with Crippen LogP contribution in [0.3, 0.4) is 0 Å². The molecule has 0 saturated heterocycles. The van der Waals surface area contributed by atoms with Gasteiger partial charge in [0.1, 0.15) is 0 Å². The molecule has 4 rings (SSSR count). The molecule has 0 spiro atoms. The van der Waals surface area contributed by atoms with Gasteiger partial charge in [-0.3, -0.25) is 0 Å². The van der Waals surface area contributed by atoms with Crippen LogP contribution in [0.2, 0.25) is 5.02 Å². The van der Waals surface area contributed by atoms with E-state index in [4.69, 9.17) is 11.6 Å². The van der Waals surface area contributed by atoms with E-state index in [-0.39, 0.29) is 32.9 Å². The van der Waals surface area contributed by atoms with Crippen LogP contribution in [-0.4, -0.2) is 33.3 Å². The molecule has 1 aromatic carbocycles. The first kappa shape index (κ1) is 34.6. The molecule has 4 atom stereocenters. The molecular formula is C33H27AgClF6N2O2. The Hall–Kier alpha value is -3.28. The Kier molecular flexibility index (Phi) is 11.4. The number of carbonyl (C=O) groups excluding carboxylic acids is 1. The molecule has 2 aliphatic carbocycles. The van der Waals surface area contributed by atoms with Crippen molar-refractivity contribution in [3.05, 3.63) is 137 Å². The van der Waals surface area contributed by atoms with Crippen LogP contribution in [0.25, 0.3) is 0 Å². The Morgan fingerprint density at radius 2 is 1.71 bits per heavy atom. The van der Waals surface area contributed by atoms with E-state index in [9.17, 15) is 31.1 Å². The Morgan fingerprint density at radius 1 is 0.978 bits per heavy atom. The third-order valence-corrected chi connectivity index (χ3v) is 7.98. The quantitative estimate of drug-likeness (QED) is 0.222. The molecule has 0 fully saturated rings. The molecule has 2 unspecified atom stereocenters. The van der Waals surface area contributed by atoms with Gasteiger partial charge < -0.3 is 0 Å². The Morgan fingerprint density at radius 3 is 2.33 bits per heavy atom. The van der Waals surface area contributed by atoms with Gasteiger partial charge in [-0.1, -0.05) is 18.2 Å². The molecule has 0 aliphatic heterocycles. The zero-order chi connectivity index (χ0) is 32.7. The van der Waals surface area contributed by atoms with E-state index in [2.05, 4.69) is 35.6 Å². The molecule has 45 heavy (non-hydrogen) atoms. The van der Waals surface area contributed by atoms with Crippen LogP contribution in [-0.2, 0) is 42.1 Å². The summed E-state index contributed by atoms with van der Waals surface area (Å²) in [6.07, 6.45) is 5.47. The zero-order valence-corrected chi connectivity index (χ0v) is 25.6. The van der Waals surface area contributed by atoms with E-state index >= 15 is 0 Å². The van der Waals surface area contributed by atoms with E-state index in [1.807, 2.05) is 0 Å². The number of allylic oxidation sites excluding steroid dienone is 8. The Labute approximate surface area is 273 Å². The van der Waals surface area contributed by atoms with Gasteiger partial charge >= 0.3 is 256 Å². The van der Waals surface area contributed by atoms with E-state index in [0.29, 0.717) is 5.56 Å². The van der Waals surface area contributed by atoms with Crippen LogP contribution < -0.4 is 5.32 Å². The van der Waals surface area contributed by atoms with Gasteiger partial charge in [-0.05, 0) is 0 Å². The number of rotatable bonds is 8. The van der Waals surface area contributed by atoms with E-state index in [1.54, 1.807) is 48.6 Å². The predicted octanol–water partition coefficient (Wildman–Crippen LogP) is 7.83. The second-order valence-electron chi connectivity index (χ2n) is 10.2. The second kappa shape index (κ2) is 14.9. The number of alkyl halides is 6. The summed E-state index contributed by atoms with van der Waals surface area (Å²) in [5, 5.41) is 2.95. The number of aromatic nitrogens is 1. The monoisotopic (exact) mass is 739 g/mol. The molecule has 0 radical (unpaired) electrons. The molecule has 0 saturated carbocycles. The number of benzene rings is 1. The van der Waals surface area contributed by atoms with Crippen molar-refractivity contribution >= 4 is 21.2 Å². The molecule has 241 valence electrons. The number of nitrogens with zero attached hydrogens (tertiary/aromatic N) is 1. The van der Waals surface area contributed by atoms with Crippen molar-refractivity contribution < 1.29 is 56.5 Å². The van der Waals surface area contributed by atoms with E-state index in [1.165, 1.54) is 60.9 Å². The summed E-state index contributed by atoms with van der Waals surface area (Å²) in [7, 11) is 0. The first-order valence-electron chi connectivity index (χ1n) is 13.6. The summed E-state index contributed by atoms with van der Waals surface area (Å²) in [6.45, 7) is 0. The number of hydrogen-bond donors (Lipinski definition) is 1. The second-order valence-corrected chi connectivity index (χ2v) is 11.5. The minimum atomic E-state index is -4.96. The fourth-order valence-corrected chi connectivity index (χ4v) is 5.57. The molecule has 1 heterocycles.